The standard InChI is InChI=1S/C12H20N2O2/c1-11(2,3)8-7-13-9(10(15)16)14(8)12(4,5)6/h7H,1-6H3,(H,15,16). The van der Waals surface area contributed by atoms with Gasteiger partial charge in [-0.25, -0.2) is 9.55 Å². The number of H-pyrrole nitrogens is 1. The minimum Gasteiger partial charge on any atom is -0.538 e. The first kappa shape index (κ1) is 12.7. The van der Waals surface area contributed by atoms with Crippen molar-refractivity contribution in [2.45, 2.75) is 52.5 Å². The molecule has 1 rings (SSSR count). The Bertz CT molecular complexity index is 406. The fourth-order valence-corrected chi connectivity index (χ4v) is 1.79. The Morgan fingerprint density at radius 1 is 1.25 bits per heavy atom. The Morgan fingerprint density at radius 3 is 2.06 bits per heavy atom. The van der Waals surface area contributed by atoms with Crippen molar-refractivity contribution in [3.63, 3.8) is 0 Å². The molecule has 0 aliphatic heterocycles. The number of aromatic amines is 1. The summed E-state index contributed by atoms with van der Waals surface area (Å²) in [5, 5.41) is 11.0. The van der Waals surface area contributed by atoms with Gasteiger partial charge in [0.15, 0.2) is 5.97 Å². The molecule has 90 valence electrons. The van der Waals surface area contributed by atoms with Crippen LogP contribution in [0.15, 0.2) is 6.20 Å². The molecule has 0 atom stereocenters. The first-order valence-corrected chi connectivity index (χ1v) is 5.41. The van der Waals surface area contributed by atoms with Crippen molar-refractivity contribution in [1.82, 2.24) is 4.98 Å². The molecule has 1 N–H and O–H groups in total. The smallest absolute Gasteiger partial charge is 0.303 e. The number of carbonyl (C=O) groups is 1. The highest BCUT2D eigenvalue weighted by molar-refractivity contribution is 5.79. The lowest BCUT2D eigenvalue weighted by atomic mass is 9.91. The average molecular weight is 224 g/mol. The molecule has 0 saturated heterocycles. The fraction of sp³-hybridized carbons (Fsp3) is 0.667. The monoisotopic (exact) mass is 224 g/mol. The van der Waals surface area contributed by atoms with Crippen molar-refractivity contribution in [3.05, 3.63) is 17.7 Å². The van der Waals surface area contributed by atoms with E-state index in [9.17, 15) is 9.90 Å². The molecule has 0 aliphatic carbocycles. The van der Waals surface area contributed by atoms with E-state index >= 15 is 0 Å². The van der Waals surface area contributed by atoms with Crippen molar-refractivity contribution in [3.8, 4) is 0 Å². The predicted molar refractivity (Wildman–Crippen MR) is 59.0 cm³/mol. The average Bonchev–Trinajstić information content (AvgIpc) is 2.43. The Balaban J connectivity index is 3.50. The molecule has 4 heteroatoms. The van der Waals surface area contributed by atoms with Crippen LogP contribution in [-0.4, -0.2) is 11.0 Å². The molecular formula is C12H20N2O2. The van der Waals surface area contributed by atoms with Crippen LogP contribution in [0.1, 0.15) is 57.9 Å². The van der Waals surface area contributed by atoms with E-state index in [-0.39, 0.29) is 16.8 Å². The van der Waals surface area contributed by atoms with Crippen molar-refractivity contribution in [1.29, 1.82) is 0 Å². The van der Waals surface area contributed by atoms with Crippen LogP contribution in [0, 0.1) is 0 Å². The Morgan fingerprint density at radius 2 is 1.75 bits per heavy atom. The molecular weight excluding hydrogens is 204 g/mol. The summed E-state index contributed by atoms with van der Waals surface area (Å²) in [6.45, 7) is 12.1. The third-order valence-electron chi connectivity index (χ3n) is 2.44. The van der Waals surface area contributed by atoms with Crippen molar-refractivity contribution in [2.75, 3.05) is 0 Å². The lowest BCUT2D eigenvalue weighted by molar-refractivity contribution is -0.764. The molecule has 0 spiro atoms. The van der Waals surface area contributed by atoms with Gasteiger partial charge in [-0.05, 0) is 20.8 Å². The van der Waals surface area contributed by atoms with Gasteiger partial charge in [0.2, 0.25) is 0 Å². The van der Waals surface area contributed by atoms with Gasteiger partial charge >= 0.3 is 5.82 Å². The van der Waals surface area contributed by atoms with E-state index in [4.69, 9.17) is 0 Å². The maximum absolute atomic E-state index is 11.0. The highest BCUT2D eigenvalue weighted by Gasteiger charge is 2.34. The van der Waals surface area contributed by atoms with Gasteiger partial charge in [-0.1, -0.05) is 20.8 Å². The van der Waals surface area contributed by atoms with Crippen molar-refractivity contribution >= 4 is 5.97 Å². The number of carbonyl (C=O) groups excluding carboxylic acids is 1. The summed E-state index contributed by atoms with van der Waals surface area (Å²) in [5.41, 5.74) is 0.550. The predicted octanol–water partition coefficient (Wildman–Crippen LogP) is 0.718. The number of carboxylic acid groups (broad SMARTS) is 1. The summed E-state index contributed by atoms with van der Waals surface area (Å²) in [7, 11) is 0. The van der Waals surface area contributed by atoms with E-state index in [0.717, 1.165) is 5.69 Å². The number of nitrogens with zero attached hydrogens (tertiary/aromatic N) is 1. The number of carboxylic acids is 1. The number of hydrogen-bond donors (Lipinski definition) is 1. The molecule has 1 heterocycles. The van der Waals surface area contributed by atoms with Gasteiger partial charge in [-0.3, -0.25) is 0 Å². The molecule has 0 amide bonds. The van der Waals surface area contributed by atoms with E-state index in [1.54, 1.807) is 10.8 Å². The number of aromatic nitrogens is 2. The molecule has 1 aromatic heterocycles. The van der Waals surface area contributed by atoms with Crippen LogP contribution in [0.2, 0.25) is 0 Å². The molecule has 0 unspecified atom stereocenters. The summed E-state index contributed by atoms with van der Waals surface area (Å²) in [6.07, 6.45) is 1.75. The lowest BCUT2D eigenvalue weighted by Gasteiger charge is -2.24. The first-order chi connectivity index (χ1) is 7.05. The summed E-state index contributed by atoms with van der Waals surface area (Å²) >= 11 is 0. The zero-order chi connectivity index (χ0) is 12.7. The van der Waals surface area contributed by atoms with Crippen LogP contribution in [0.3, 0.4) is 0 Å². The molecule has 0 fully saturated rings. The maximum Gasteiger partial charge on any atom is 0.303 e. The largest absolute Gasteiger partial charge is 0.538 e. The third kappa shape index (κ3) is 2.26. The van der Waals surface area contributed by atoms with Crippen LogP contribution in [0.25, 0.3) is 0 Å². The number of hydrogen-bond acceptors (Lipinski definition) is 2. The molecule has 0 saturated carbocycles. The van der Waals surface area contributed by atoms with Gasteiger partial charge in [-0.2, -0.15) is 0 Å². The molecule has 0 radical (unpaired) electrons. The fourth-order valence-electron chi connectivity index (χ4n) is 1.79. The van der Waals surface area contributed by atoms with Gasteiger partial charge in [-0.15, -0.1) is 0 Å². The first-order valence-electron chi connectivity index (χ1n) is 5.41. The minimum atomic E-state index is -1.18. The second-order valence-electron chi connectivity index (χ2n) is 6.07. The second-order valence-corrected chi connectivity index (χ2v) is 6.07. The molecule has 0 bridgehead atoms. The van der Waals surface area contributed by atoms with E-state index in [1.165, 1.54) is 0 Å². The summed E-state index contributed by atoms with van der Waals surface area (Å²) in [4.78, 5) is 13.8. The van der Waals surface area contributed by atoms with Crippen LogP contribution < -0.4 is 9.67 Å². The van der Waals surface area contributed by atoms with E-state index < -0.39 is 5.97 Å². The van der Waals surface area contributed by atoms with Gasteiger partial charge in [0.05, 0.1) is 0 Å². The Hall–Kier alpha value is -1.32. The van der Waals surface area contributed by atoms with Crippen LogP contribution in [0.4, 0.5) is 0 Å². The molecule has 1 aromatic rings. The van der Waals surface area contributed by atoms with E-state index in [2.05, 4.69) is 25.8 Å². The summed E-state index contributed by atoms with van der Waals surface area (Å²) in [6, 6.07) is 0. The van der Waals surface area contributed by atoms with Crippen LogP contribution in [-0.2, 0) is 11.0 Å². The minimum absolute atomic E-state index is 0.114. The maximum atomic E-state index is 11.0. The Kier molecular flexibility index (Phi) is 2.88. The number of nitrogens with one attached hydrogen (secondary N) is 1. The van der Waals surface area contributed by atoms with E-state index in [0.29, 0.717) is 0 Å². The molecule has 16 heavy (non-hydrogen) atoms. The quantitative estimate of drug-likeness (QED) is 0.714. The molecule has 0 aromatic carbocycles. The van der Waals surface area contributed by atoms with Crippen molar-refractivity contribution < 1.29 is 14.5 Å². The highest BCUT2D eigenvalue weighted by atomic mass is 16.4. The molecule has 4 nitrogen and oxygen atoms in total. The van der Waals surface area contributed by atoms with Crippen molar-refractivity contribution in [2.24, 2.45) is 0 Å². The van der Waals surface area contributed by atoms with Gasteiger partial charge < -0.3 is 9.90 Å². The van der Waals surface area contributed by atoms with Crippen LogP contribution in [0.5, 0.6) is 0 Å². The third-order valence-corrected chi connectivity index (χ3v) is 2.44. The SMILES string of the molecule is CC(C)(C)c1c[nH]c(C(=O)[O-])[n+]1C(C)(C)C. The normalized spacial score (nSPS) is 12.9. The zero-order valence-corrected chi connectivity index (χ0v) is 10.8. The summed E-state index contributed by atoms with van der Waals surface area (Å²) < 4.78 is 1.79. The van der Waals surface area contributed by atoms with Crippen LogP contribution >= 0.6 is 0 Å². The van der Waals surface area contributed by atoms with Gasteiger partial charge in [0.1, 0.15) is 17.4 Å². The molecule has 0 aliphatic rings. The summed E-state index contributed by atoms with van der Waals surface area (Å²) in [5.74, 6) is -1.05. The van der Waals surface area contributed by atoms with Gasteiger partial charge in [0, 0.05) is 5.41 Å². The van der Waals surface area contributed by atoms with Gasteiger partial charge in [0.25, 0.3) is 0 Å². The number of imidazole rings is 1. The van der Waals surface area contributed by atoms with E-state index in [1.807, 2.05) is 20.8 Å². The lowest BCUT2D eigenvalue weighted by Crippen LogP contribution is -2.58. The number of rotatable bonds is 1. The highest BCUT2D eigenvalue weighted by Crippen LogP contribution is 2.21. The second kappa shape index (κ2) is 3.61. The Labute approximate surface area is 96.3 Å². The zero-order valence-electron chi connectivity index (χ0n) is 10.8. The number of aromatic carboxylic acids is 1. The topological polar surface area (TPSA) is 59.8 Å².